The van der Waals surface area contributed by atoms with Crippen molar-refractivity contribution < 1.29 is 9.59 Å². The van der Waals surface area contributed by atoms with Gasteiger partial charge in [-0.05, 0) is 154 Å². The second-order valence-electron chi connectivity index (χ2n) is 24.4. The van der Waals surface area contributed by atoms with E-state index < -0.39 is 0 Å². The average molecular weight is 1260 g/mol. The molecule has 0 saturated carbocycles. The van der Waals surface area contributed by atoms with Crippen LogP contribution >= 0.6 is 54.5 Å². The van der Waals surface area contributed by atoms with Crippen LogP contribution in [0.5, 0.6) is 0 Å². The lowest BCUT2D eigenvalue weighted by atomic mass is 9.93. The van der Waals surface area contributed by atoms with E-state index in [0.29, 0.717) is 36.1 Å². The minimum absolute atomic E-state index is 0.0135. The average Bonchev–Trinajstić information content (AvgIpc) is 4.25. The molecule has 0 radical (unpaired) electrons. The third kappa shape index (κ3) is 20.3. The number of rotatable bonds is 44. The van der Waals surface area contributed by atoms with Crippen LogP contribution < -0.4 is 9.80 Å². The molecule has 80 heavy (non-hydrogen) atoms. The van der Waals surface area contributed by atoms with Crippen molar-refractivity contribution in [2.24, 2.45) is 11.8 Å². The number of fused-ring (bicyclic) bond motifs is 2. The monoisotopic (exact) mass is 1250 g/mol. The van der Waals surface area contributed by atoms with Gasteiger partial charge in [-0.1, -0.05) is 246 Å². The van der Waals surface area contributed by atoms with Crippen LogP contribution in [-0.2, 0) is 22.4 Å². The van der Waals surface area contributed by atoms with Gasteiger partial charge in [0, 0.05) is 34.0 Å². The van der Waals surface area contributed by atoms with Gasteiger partial charge in [-0.3, -0.25) is 9.59 Å². The van der Waals surface area contributed by atoms with E-state index in [4.69, 9.17) is 0 Å². The van der Waals surface area contributed by atoms with Crippen molar-refractivity contribution in [1.29, 1.82) is 0 Å². The van der Waals surface area contributed by atoms with Crippen molar-refractivity contribution in [2.45, 2.75) is 286 Å². The fraction of sp³-hybridized carbons (Fsp3) is 0.667. The number of hydrogen-bond donors (Lipinski definition) is 0. The van der Waals surface area contributed by atoms with Crippen molar-refractivity contribution in [1.82, 2.24) is 0 Å². The number of halogens is 2. The number of benzene rings is 2. The molecule has 0 aliphatic carbocycles. The zero-order chi connectivity index (χ0) is 56.9. The summed E-state index contributed by atoms with van der Waals surface area (Å²) in [4.78, 5) is 38.8. The largest absolute Gasteiger partial charge is 0.307 e. The van der Waals surface area contributed by atoms with Gasteiger partial charge >= 0.3 is 0 Å². The highest BCUT2D eigenvalue weighted by Crippen LogP contribution is 2.51. The predicted octanol–water partition coefficient (Wildman–Crippen LogP) is 24.8. The number of anilines is 2. The van der Waals surface area contributed by atoms with Gasteiger partial charge in [0.15, 0.2) is 0 Å². The van der Waals surface area contributed by atoms with Crippen molar-refractivity contribution in [2.75, 3.05) is 22.9 Å². The Balaban J connectivity index is 1.45. The summed E-state index contributed by atoms with van der Waals surface area (Å²) in [5.74, 6) is 0.841. The smallest absolute Gasteiger partial charge is 0.259 e. The summed E-state index contributed by atoms with van der Waals surface area (Å²) in [6.45, 7) is 15.2. The number of amides is 2. The zero-order valence-corrected chi connectivity index (χ0v) is 56.1. The number of hydrogen-bond acceptors (Lipinski definition) is 4. The fourth-order valence-electron chi connectivity index (χ4n) is 12.8. The summed E-state index contributed by atoms with van der Waals surface area (Å²) < 4.78 is 2.42. The van der Waals surface area contributed by atoms with Crippen LogP contribution in [0.15, 0.2) is 56.1 Å². The first-order valence-electron chi connectivity index (χ1n) is 33.4. The van der Waals surface area contributed by atoms with E-state index in [1.807, 2.05) is 22.7 Å². The Bertz CT molecular complexity index is 2300. The minimum Gasteiger partial charge on any atom is -0.307 e. The lowest BCUT2D eigenvalue weighted by Crippen LogP contribution is -2.34. The molecule has 0 N–H and O–H groups in total. The maximum absolute atomic E-state index is 16.0. The standard InChI is InChI=1S/C72H108Br2N2O2S2/c1-7-13-19-25-29-35-41-55(39-33-23-17-11-5)53-75-63-47-45-57(65-51-59(69(73)79-65)43-37-31-27-21-15-9-3)49-61(63)67(71(75)77)68-62-50-58(66-52-60(70(74)80-66)44-38-32-28-22-16-10-4)46-48-64(62)76(72(68)78)54-56(40-34-24-18-12-6)42-36-30-26-20-14-8-2/h45-52,55-56H,7-44,53-54H2,1-6H3/b68-67+. The molecular formula is C72H108Br2N2O2S2. The fourth-order valence-corrected chi connectivity index (χ4v) is 16.3. The van der Waals surface area contributed by atoms with E-state index in [9.17, 15) is 0 Å². The van der Waals surface area contributed by atoms with Crippen LogP contribution in [-0.4, -0.2) is 24.9 Å². The number of nitrogens with zero attached hydrogens (tertiary/aromatic N) is 2. The highest BCUT2D eigenvalue weighted by Gasteiger charge is 2.43. The van der Waals surface area contributed by atoms with Crippen LogP contribution in [0.4, 0.5) is 11.4 Å². The SMILES string of the molecule is CCCCCCCCc1cc(-c2ccc3c(c2)/C(=C2\C(=O)N(CC(CCCCCC)CCCCCCCC)c4ccc(-c5cc(CCCCCCCC)c(Br)s5)cc42)C(=O)N3CC(CCCCCC)CCCCCCCC)sc1Br. The molecule has 2 unspecified atom stereocenters. The zero-order valence-electron chi connectivity index (χ0n) is 51.3. The molecule has 0 saturated heterocycles. The molecule has 4 heterocycles. The van der Waals surface area contributed by atoms with E-state index in [2.05, 4.69) is 132 Å². The predicted molar refractivity (Wildman–Crippen MR) is 361 cm³/mol. The quantitative estimate of drug-likeness (QED) is 0.0327. The van der Waals surface area contributed by atoms with E-state index >= 15 is 9.59 Å². The second-order valence-corrected chi connectivity index (χ2v) is 29.2. The summed E-state index contributed by atoms with van der Waals surface area (Å²) in [6, 6.07) is 18.4. The molecule has 0 spiro atoms. The lowest BCUT2D eigenvalue weighted by molar-refractivity contribution is -0.114. The third-order valence-corrected chi connectivity index (χ3v) is 21.7. The molecular weight excluding hydrogens is 1150 g/mol. The first kappa shape index (κ1) is 66.6. The summed E-state index contributed by atoms with van der Waals surface area (Å²) in [5, 5.41) is 0. The first-order chi connectivity index (χ1) is 39.2. The van der Waals surface area contributed by atoms with Gasteiger partial charge in [0.25, 0.3) is 11.8 Å². The Morgan fingerprint density at radius 3 is 0.988 bits per heavy atom. The molecule has 2 aliphatic heterocycles. The van der Waals surface area contributed by atoms with Gasteiger partial charge in [0.05, 0.1) is 30.1 Å². The molecule has 4 nitrogen and oxygen atoms in total. The molecule has 6 rings (SSSR count). The minimum atomic E-state index is 0.0135. The van der Waals surface area contributed by atoms with Gasteiger partial charge in [-0.25, -0.2) is 0 Å². The number of unbranched alkanes of at least 4 members (excludes halogenated alkanes) is 26. The molecule has 0 bridgehead atoms. The van der Waals surface area contributed by atoms with Gasteiger partial charge in [-0.15, -0.1) is 22.7 Å². The lowest BCUT2D eigenvalue weighted by Gasteiger charge is -2.25. The Kier molecular flexibility index (Phi) is 31.4. The highest BCUT2D eigenvalue weighted by atomic mass is 79.9. The Labute approximate surface area is 514 Å². The Hall–Kier alpha value is -2.52. The van der Waals surface area contributed by atoms with Crippen LogP contribution in [0.3, 0.4) is 0 Å². The molecule has 2 aromatic carbocycles. The van der Waals surface area contributed by atoms with Gasteiger partial charge in [0.1, 0.15) is 0 Å². The summed E-state index contributed by atoms with van der Waals surface area (Å²) in [7, 11) is 0. The molecule has 0 fully saturated rings. The molecule has 2 atom stereocenters. The van der Waals surface area contributed by atoms with E-state index in [0.717, 1.165) is 72.2 Å². The van der Waals surface area contributed by atoms with E-state index in [1.54, 1.807) is 0 Å². The van der Waals surface area contributed by atoms with Gasteiger partial charge in [-0.2, -0.15) is 0 Å². The Morgan fingerprint density at radius 2 is 0.662 bits per heavy atom. The number of carbonyl (C=O) groups is 2. The molecule has 444 valence electrons. The number of thiophene rings is 2. The van der Waals surface area contributed by atoms with E-state index in [-0.39, 0.29) is 11.8 Å². The van der Waals surface area contributed by atoms with Crippen LogP contribution in [0.2, 0.25) is 0 Å². The Morgan fingerprint density at radius 1 is 0.375 bits per heavy atom. The van der Waals surface area contributed by atoms with Crippen molar-refractivity contribution in [3.05, 3.63) is 78.4 Å². The second kappa shape index (κ2) is 37.7. The highest BCUT2D eigenvalue weighted by molar-refractivity contribution is 9.11. The summed E-state index contributed by atoms with van der Waals surface area (Å²) in [5.41, 5.74) is 10.1. The summed E-state index contributed by atoms with van der Waals surface area (Å²) >= 11 is 11.6. The van der Waals surface area contributed by atoms with E-state index in [1.165, 1.54) is 234 Å². The normalized spacial score (nSPS) is 15.0. The maximum atomic E-state index is 16.0. The third-order valence-electron chi connectivity index (χ3n) is 17.7. The summed E-state index contributed by atoms with van der Waals surface area (Å²) in [6.07, 6.45) is 47.2. The van der Waals surface area contributed by atoms with Crippen molar-refractivity contribution >= 4 is 88.9 Å². The maximum Gasteiger partial charge on any atom is 0.259 e. The molecule has 8 heteroatoms. The molecule has 2 aliphatic rings. The molecule has 2 amide bonds. The van der Waals surface area contributed by atoms with Crippen LogP contribution in [0, 0.1) is 11.8 Å². The number of aryl methyl sites for hydroxylation is 2. The van der Waals surface area contributed by atoms with Crippen molar-refractivity contribution in [3.63, 3.8) is 0 Å². The van der Waals surface area contributed by atoms with Crippen LogP contribution in [0.25, 0.3) is 32.0 Å². The first-order valence-corrected chi connectivity index (χ1v) is 36.6. The molecule has 4 aromatic rings. The number of carbonyl (C=O) groups excluding carboxylic acids is 2. The van der Waals surface area contributed by atoms with Crippen molar-refractivity contribution in [3.8, 4) is 20.9 Å². The topological polar surface area (TPSA) is 40.6 Å². The van der Waals surface area contributed by atoms with Crippen LogP contribution in [0.1, 0.15) is 295 Å². The molecule has 2 aromatic heterocycles. The van der Waals surface area contributed by atoms with Gasteiger partial charge in [0.2, 0.25) is 0 Å². The van der Waals surface area contributed by atoms with Gasteiger partial charge < -0.3 is 9.80 Å².